The third-order valence-electron chi connectivity index (χ3n) is 2.15. The number of aromatic carboxylic acids is 1. The van der Waals surface area contributed by atoms with E-state index in [0.29, 0.717) is 6.04 Å². The Hall–Kier alpha value is -1.58. The van der Waals surface area contributed by atoms with Gasteiger partial charge in [0.25, 0.3) is 0 Å². The Morgan fingerprint density at radius 1 is 1.50 bits per heavy atom. The summed E-state index contributed by atoms with van der Waals surface area (Å²) in [5, 5.41) is 8.77. The fraction of sp³-hybridized carbons (Fsp3) is 0.400. The zero-order valence-electron chi connectivity index (χ0n) is 8.56. The lowest BCUT2D eigenvalue weighted by molar-refractivity contribution is 0.0696. The Balaban J connectivity index is 2.99. The summed E-state index contributed by atoms with van der Waals surface area (Å²) in [4.78, 5) is 16.5. The molecule has 1 aromatic heterocycles. The first-order chi connectivity index (χ1) is 6.52. The molecule has 0 aliphatic carbocycles. The minimum Gasteiger partial charge on any atom is -0.478 e. The average Bonchev–Trinajstić information content (AvgIpc) is 2.16. The molecule has 0 aliphatic rings. The van der Waals surface area contributed by atoms with E-state index in [0.717, 1.165) is 5.69 Å². The fourth-order valence-corrected chi connectivity index (χ4v) is 1.04. The van der Waals surface area contributed by atoms with Crippen LogP contribution in [0, 0.1) is 0 Å². The molecular weight excluding hydrogens is 180 g/mol. The van der Waals surface area contributed by atoms with E-state index in [4.69, 9.17) is 5.11 Å². The van der Waals surface area contributed by atoms with Gasteiger partial charge < -0.3 is 10.0 Å². The first-order valence-corrected chi connectivity index (χ1v) is 4.43. The van der Waals surface area contributed by atoms with E-state index in [1.54, 1.807) is 12.3 Å². The molecular formula is C10H14N2O2. The predicted molar refractivity (Wildman–Crippen MR) is 54.7 cm³/mol. The Labute approximate surface area is 83.2 Å². The van der Waals surface area contributed by atoms with E-state index in [2.05, 4.69) is 4.98 Å². The topological polar surface area (TPSA) is 53.4 Å². The second-order valence-corrected chi connectivity index (χ2v) is 3.44. The Morgan fingerprint density at radius 3 is 2.64 bits per heavy atom. The van der Waals surface area contributed by atoms with Crippen LogP contribution < -0.4 is 4.90 Å². The minimum atomic E-state index is -0.948. The maximum absolute atomic E-state index is 10.7. The van der Waals surface area contributed by atoms with Gasteiger partial charge in [0.1, 0.15) is 0 Å². The van der Waals surface area contributed by atoms with Gasteiger partial charge >= 0.3 is 5.97 Å². The third-order valence-corrected chi connectivity index (χ3v) is 2.15. The van der Waals surface area contributed by atoms with Crippen LogP contribution >= 0.6 is 0 Å². The normalized spacial score (nSPS) is 10.3. The van der Waals surface area contributed by atoms with Gasteiger partial charge in [0.15, 0.2) is 0 Å². The molecule has 0 saturated carbocycles. The molecule has 0 fully saturated rings. The molecule has 0 radical (unpaired) electrons. The van der Waals surface area contributed by atoms with Crippen molar-refractivity contribution in [2.24, 2.45) is 0 Å². The SMILES string of the molecule is CC(C)N(C)c1cncc(C(=O)O)c1. The lowest BCUT2D eigenvalue weighted by Gasteiger charge is -2.23. The summed E-state index contributed by atoms with van der Waals surface area (Å²) in [5.74, 6) is -0.948. The number of nitrogens with zero attached hydrogens (tertiary/aromatic N) is 2. The zero-order valence-corrected chi connectivity index (χ0v) is 8.56. The molecule has 0 saturated heterocycles. The lowest BCUT2D eigenvalue weighted by atomic mass is 10.2. The van der Waals surface area contributed by atoms with Gasteiger partial charge in [-0.15, -0.1) is 0 Å². The maximum atomic E-state index is 10.7. The summed E-state index contributed by atoms with van der Waals surface area (Å²) in [5.41, 5.74) is 1.04. The van der Waals surface area contributed by atoms with Gasteiger partial charge in [-0.25, -0.2) is 4.79 Å². The summed E-state index contributed by atoms with van der Waals surface area (Å²) in [6.45, 7) is 4.07. The van der Waals surface area contributed by atoms with E-state index in [1.807, 2.05) is 25.8 Å². The molecule has 14 heavy (non-hydrogen) atoms. The number of aromatic nitrogens is 1. The van der Waals surface area contributed by atoms with Crippen molar-refractivity contribution < 1.29 is 9.90 Å². The molecule has 1 aromatic rings. The van der Waals surface area contributed by atoms with Crippen LogP contribution in [-0.2, 0) is 0 Å². The monoisotopic (exact) mass is 194 g/mol. The van der Waals surface area contributed by atoms with Crippen LogP contribution in [0.4, 0.5) is 5.69 Å². The molecule has 1 N–H and O–H groups in total. The van der Waals surface area contributed by atoms with Crippen molar-refractivity contribution in [3.8, 4) is 0 Å². The smallest absolute Gasteiger partial charge is 0.337 e. The summed E-state index contributed by atoms with van der Waals surface area (Å²) in [6.07, 6.45) is 3.01. The molecule has 4 nitrogen and oxygen atoms in total. The number of hydrogen-bond acceptors (Lipinski definition) is 3. The van der Waals surface area contributed by atoms with E-state index in [9.17, 15) is 4.79 Å². The van der Waals surface area contributed by atoms with Gasteiger partial charge in [-0.1, -0.05) is 0 Å². The first-order valence-electron chi connectivity index (χ1n) is 4.43. The Kier molecular flexibility index (Phi) is 3.06. The highest BCUT2D eigenvalue weighted by molar-refractivity contribution is 5.88. The standard InChI is InChI=1S/C10H14N2O2/c1-7(2)12(3)9-4-8(10(13)14)5-11-6-9/h4-7H,1-3H3,(H,13,14). The number of anilines is 1. The van der Waals surface area contributed by atoms with Crippen molar-refractivity contribution >= 4 is 11.7 Å². The highest BCUT2D eigenvalue weighted by Gasteiger charge is 2.08. The molecule has 0 bridgehead atoms. The molecule has 76 valence electrons. The van der Waals surface area contributed by atoms with Crippen LogP contribution in [0.1, 0.15) is 24.2 Å². The Bertz CT molecular complexity index is 337. The zero-order chi connectivity index (χ0) is 10.7. The Morgan fingerprint density at radius 2 is 2.14 bits per heavy atom. The third kappa shape index (κ3) is 2.22. The quantitative estimate of drug-likeness (QED) is 0.794. The summed E-state index contributed by atoms with van der Waals surface area (Å²) < 4.78 is 0. The second-order valence-electron chi connectivity index (χ2n) is 3.44. The van der Waals surface area contributed by atoms with Crippen molar-refractivity contribution in [2.75, 3.05) is 11.9 Å². The van der Waals surface area contributed by atoms with Crippen molar-refractivity contribution in [1.82, 2.24) is 4.98 Å². The first kappa shape index (κ1) is 10.5. The second kappa shape index (κ2) is 4.09. The molecule has 1 rings (SSSR count). The highest BCUT2D eigenvalue weighted by Crippen LogP contribution is 2.15. The number of pyridine rings is 1. The van der Waals surface area contributed by atoms with Crippen LogP contribution in [0.15, 0.2) is 18.5 Å². The number of carbonyl (C=O) groups is 1. The van der Waals surface area contributed by atoms with E-state index < -0.39 is 5.97 Å². The number of hydrogen-bond donors (Lipinski definition) is 1. The van der Waals surface area contributed by atoms with Crippen LogP contribution in [-0.4, -0.2) is 29.1 Å². The van der Waals surface area contributed by atoms with Gasteiger partial charge in [-0.2, -0.15) is 0 Å². The van der Waals surface area contributed by atoms with Crippen LogP contribution in [0.5, 0.6) is 0 Å². The summed E-state index contributed by atoms with van der Waals surface area (Å²) >= 11 is 0. The van der Waals surface area contributed by atoms with Crippen molar-refractivity contribution in [1.29, 1.82) is 0 Å². The number of carboxylic acid groups (broad SMARTS) is 1. The molecule has 0 atom stereocenters. The minimum absolute atomic E-state index is 0.218. The van der Waals surface area contributed by atoms with Crippen molar-refractivity contribution in [2.45, 2.75) is 19.9 Å². The van der Waals surface area contributed by atoms with Gasteiger partial charge in [0, 0.05) is 19.3 Å². The van der Waals surface area contributed by atoms with Crippen molar-refractivity contribution in [3.63, 3.8) is 0 Å². The molecule has 0 amide bonds. The molecule has 0 unspecified atom stereocenters. The predicted octanol–water partition coefficient (Wildman–Crippen LogP) is 1.62. The highest BCUT2D eigenvalue weighted by atomic mass is 16.4. The number of carboxylic acids is 1. The maximum Gasteiger partial charge on any atom is 0.337 e. The molecule has 0 spiro atoms. The molecule has 0 aromatic carbocycles. The van der Waals surface area contributed by atoms with E-state index in [-0.39, 0.29) is 5.56 Å². The summed E-state index contributed by atoms with van der Waals surface area (Å²) in [6, 6.07) is 1.94. The van der Waals surface area contributed by atoms with Crippen molar-refractivity contribution in [3.05, 3.63) is 24.0 Å². The van der Waals surface area contributed by atoms with Gasteiger partial charge in [-0.05, 0) is 19.9 Å². The van der Waals surface area contributed by atoms with E-state index >= 15 is 0 Å². The van der Waals surface area contributed by atoms with E-state index in [1.165, 1.54) is 6.20 Å². The molecule has 4 heteroatoms. The van der Waals surface area contributed by atoms with Gasteiger partial charge in [0.2, 0.25) is 0 Å². The van der Waals surface area contributed by atoms with Crippen LogP contribution in [0.25, 0.3) is 0 Å². The van der Waals surface area contributed by atoms with Gasteiger partial charge in [-0.3, -0.25) is 4.98 Å². The molecule has 0 aliphatic heterocycles. The number of rotatable bonds is 3. The lowest BCUT2D eigenvalue weighted by Crippen LogP contribution is -2.25. The van der Waals surface area contributed by atoms with Gasteiger partial charge in [0.05, 0.1) is 17.4 Å². The fourth-order valence-electron chi connectivity index (χ4n) is 1.04. The molecule has 1 heterocycles. The van der Waals surface area contributed by atoms with Crippen LogP contribution in [0.2, 0.25) is 0 Å². The largest absolute Gasteiger partial charge is 0.478 e. The summed E-state index contributed by atoms with van der Waals surface area (Å²) in [7, 11) is 1.91. The average molecular weight is 194 g/mol. The van der Waals surface area contributed by atoms with Crippen LogP contribution in [0.3, 0.4) is 0 Å².